The van der Waals surface area contributed by atoms with Crippen LogP contribution in [0.2, 0.25) is 0 Å². The molecule has 15 heavy (non-hydrogen) atoms. The summed E-state index contributed by atoms with van der Waals surface area (Å²) in [4.78, 5) is 4.28. The number of rotatable bonds is 3. The Bertz CT molecular complexity index is 493. The fourth-order valence-corrected chi connectivity index (χ4v) is 1.77. The van der Waals surface area contributed by atoms with Crippen molar-refractivity contribution >= 4 is 11.0 Å². The summed E-state index contributed by atoms with van der Waals surface area (Å²) in [6.45, 7) is 2.09. The molecule has 0 saturated heterocycles. The maximum atomic E-state index is 9.09. The van der Waals surface area contributed by atoms with Crippen LogP contribution in [-0.2, 0) is 0 Å². The number of aromatic nitrogens is 2. The summed E-state index contributed by atoms with van der Waals surface area (Å²) in [5.41, 5.74) is 1.99. The number of hydrogen-bond donors (Lipinski definition) is 0. The van der Waals surface area contributed by atoms with Crippen molar-refractivity contribution in [3.8, 4) is 6.07 Å². The number of nitrogens with zero attached hydrogens (tertiary/aromatic N) is 3. The minimum atomic E-state index is -0.0950. The molecule has 1 unspecified atom stereocenters. The molecule has 0 aliphatic rings. The zero-order valence-electron chi connectivity index (χ0n) is 8.72. The number of benzene rings is 1. The van der Waals surface area contributed by atoms with Crippen molar-refractivity contribution in [1.29, 1.82) is 5.26 Å². The lowest BCUT2D eigenvalue weighted by Gasteiger charge is -2.09. The lowest BCUT2D eigenvalue weighted by Crippen LogP contribution is -2.04. The summed E-state index contributed by atoms with van der Waals surface area (Å²) in [5, 5.41) is 9.09. The highest BCUT2D eigenvalue weighted by molar-refractivity contribution is 5.75. The zero-order chi connectivity index (χ0) is 10.7. The van der Waals surface area contributed by atoms with Gasteiger partial charge in [0.2, 0.25) is 0 Å². The Morgan fingerprint density at radius 3 is 3.00 bits per heavy atom. The molecule has 2 aromatic rings. The molecule has 1 atom stereocenters. The Morgan fingerprint density at radius 1 is 1.47 bits per heavy atom. The highest BCUT2D eigenvalue weighted by Crippen LogP contribution is 2.20. The minimum absolute atomic E-state index is 0.0950. The van der Waals surface area contributed by atoms with Crippen LogP contribution in [0.25, 0.3) is 11.0 Å². The van der Waals surface area contributed by atoms with E-state index in [0.29, 0.717) is 0 Å². The summed E-state index contributed by atoms with van der Waals surface area (Å²) >= 11 is 0. The second kappa shape index (κ2) is 4.14. The first-order valence-electron chi connectivity index (χ1n) is 5.18. The molecule has 1 aromatic heterocycles. The molecule has 1 heterocycles. The number of nitriles is 1. The van der Waals surface area contributed by atoms with E-state index in [1.807, 2.05) is 28.8 Å². The van der Waals surface area contributed by atoms with E-state index >= 15 is 0 Å². The van der Waals surface area contributed by atoms with E-state index in [2.05, 4.69) is 18.0 Å². The SMILES string of the molecule is CCCC(C#N)n1cnc2ccccc21. The Balaban J connectivity index is 2.47. The van der Waals surface area contributed by atoms with Gasteiger partial charge in [0.05, 0.1) is 23.4 Å². The van der Waals surface area contributed by atoms with Gasteiger partial charge in [0.15, 0.2) is 0 Å². The molecule has 0 bridgehead atoms. The van der Waals surface area contributed by atoms with Crippen LogP contribution in [0.15, 0.2) is 30.6 Å². The summed E-state index contributed by atoms with van der Waals surface area (Å²) in [5.74, 6) is 0. The molecule has 3 heteroatoms. The van der Waals surface area contributed by atoms with Crippen LogP contribution in [0.3, 0.4) is 0 Å². The van der Waals surface area contributed by atoms with E-state index in [-0.39, 0.29) is 6.04 Å². The van der Waals surface area contributed by atoms with E-state index in [9.17, 15) is 0 Å². The maximum absolute atomic E-state index is 9.09. The van der Waals surface area contributed by atoms with E-state index in [0.717, 1.165) is 23.9 Å². The van der Waals surface area contributed by atoms with E-state index in [4.69, 9.17) is 5.26 Å². The fraction of sp³-hybridized carbons (Fsp3) is 0.333. The van der Waals surface area contributed by atoms with Crippen LogP contribution >= 0.6 is 0 Å². The number of imidazole rings is 1. The average Bonchev–Trinajstić information content (AvgIpc) is 2.70. The molecule has 0 fully saturated rings. The third kappa shape index (κ3) is 1.71. The lowest BCUT2D eigenvalue weighted by atomic mass is 10.2. The van der Waals surface area contributed by atoms with Gasteiger partial charge in [-0.1, -0.05) is 25.5 Å². The van der Waals surface area contributed by atoms with Crippen molar-refractivity contribution in [2.45, 2.75) is 25.8 Å². The van der Waals surface area contributed by atoms with E-state index in [1.165, 1.54) is 0 Å². The Hall–Kier alpha value is -1.82. The maximum Gasteiger partial charge on any atom is 0.122 e. The van der Waals surface area contributed by atoms with E-state index in [1.54, 1.807) is 6.33 Å². The topological polar surface area (TPSA) is 41.6 Å². The molecule has 0 radical (unpaired) electrons. The predicted octanol–water partition coefficient (Wildman–Crippen LogP) is 2.90. The summed E-state index contributed by atoms with van der Waals surface area (Å²) in [6, 6.07) is 10.1. The molecule has 0 aliphatic heterocycles. The lowest BCUT2D eigenvalue weighted by molar-refractivity contribution is 0.573. The zero-order valence-corrected chi connectivity index (χ0v) is 8.72. The van der Waals surface area contributed by atoms with Gasteiger partial charge >= 0.3 is 0 Å². The molecular formula is C12H13N3. The number of hydrogen-bond acceptors (Lipinski definition) is 2. The molecule has 1 aromatic carbocycles. The second-order valence-corrected chi connectivity index (χ2v) is 3.57. The van der Waals surface area contributed by atoms with Gasteiger partial charge in [0.25, 0.3) is 0 Å². The number of para-hydroxylation sites is 2. The van der Waals surface area contributed by atoms with Crippen molar-refractivity contribution in [2.75, 3.05) is 0 Å². The normalized spacial score (nSPS) is 12.5. The summed E-state index contributed by atoms with van der Waals surface area (Å²) < 4.78 is 1.96. The largest absolute Gasteiger partial charge is 0.314 e. The summed E-state index contributed by atoms with van der Waals surface area (Å²) in [7, 11) is 0. The smallest absolute Gasteiger partial charge is 0.122 e. The standard InChI is InChI=1S/C12H13N3/c1-2-5-10(8-13)15-9-14-11-6-3-4-7-12(11)15/h3-4,6-7,9-10H,2,5H2,1H3. The molecular weight excluding hydrogens is 186 g/mol. The van der Waals surface area contributed by atoms with Gasteiger partial charge < -0.3 is 4.57 Å². The average molecular weight is 199 g/mol. The van der Waals surface area contributed by atoms with Crippen molar-refractivity contribution in [1.82, 2.24) is 9.55 Å². The summed E-state index contributed by atoms with van der Waals surface area (Å²) in [6.07, 6.45) is 3.63. The first kappa shape index (κ1) is 9.72. The predicted molar refractivity (Wildman–Crippen MR) is 59.3 cm³/mol. The fourth-order valence-electron chi connectivity index (χ4n) is 1.77. The number of fused-ring (bicyclic) bond motifs is 1. The Labute approximate surface area is 89.0 Å². The van der Waals surface area contributed by atoms with Crippen molar-refractivity contribution < 1.29 is 0 Å². The van der Waals surface area contributed by atoms with Crippen LogP contribution < -0.4 is 0 Å². The molecule has 0 spiro atoms. The second-order valence-electron chi connectivity index (χ2n) is 3.57. The van der Waals surface area contributed by atoms with Crippen LogP contribution in [0.1, 0.15) is 25.8 Å². The van der Waals surface area contributed by atoms with Crippen LogP contribution in [0, 0.1) is 11.3 Å². The van der Waals surface area contributed by atoms with Gasteiger partial charge in [-0.05, 0) is 18.6 Å². The third-order valence-corrected chi connectivity index (χ3v) is 2.53. The van der Waals surface area contributed by atoms with Crippen LogP contribution in [-0.4, -0.2) is 9.55 Å². The molecule has 3 nitrogen and oxygen atoms in total. The molecule has 0 aliphatic carbocycles. The first-order valence-corrected chi connectivity index (χ1v) is 5.18. The molecule has 0 N–H and O–H groups in total. The van der Waals surface area contributed by atoms with E-state index < -0.39 is 0 Å². The molecule has 2 rings (SSSR count). The van der Waals surface area contributed by atoms with Gasteiger partial charge in [0, 0.05) is 0 Å². The Morgan fingerprint density at radius 2 is 2.27 bits per heavy atom. The van der Waals surface area contributed by atoms with Gasteiger partial charge in [-0.3, -0.25) is 0 Å². The highest BCUT2D eigenvalue weighted by atomic mass is 15.1. The van der Waals surface area contributed by atoms with Crippen molar-refractivity contribution in [3.05, 3.63) is 30.6 Å². The van der Waals surface area contributed by atoms with Crippen molar-refractivity contribution in [3.63, 3.8) is 0 Å². The minimum Gasteiger partial charge on any atom is -0.314 e. The first-order chi connectivity index (χ1) is 7.36. The van der Waals surface area contributed by atoms with Gasteiger partial charge in [-0.25, -0.2) is 4.98 Å². The van der Waals surface area contributed by atoms with Crippen molar-refractivity contribution in [2.24, 2.45) is 0 Å². The quantitative estimate of drug-likeness (QED) is 0.762. The van der Waals surface area contributed by atoms with Crippen LogP contribution in [0.4, 0.5) is 0 Å². The Kier molecular flexibility index (Phi) is 2.68. The van der Waals surface area contributed by atoms with Gasteiger partial charge in [-0.2, -0.15) is 5.26 Å². The molecule has 0 amide bonds. The third-order valence-electron chi connectivity index (χ3n) is 2.53. The van der Waals surface area contributed by atoms with Gasteiger partial charge in [0.1, 0.15) is 6.04 Å². The molecule has 0 saturated carbocycles. The van der Waals surface area contributed by atoms with Crippen LogP contribution in [0.5, 0.6) is 0 Å². The monoisotopic (exact) mass is 199 g/mol. The highest BCUT2D eigenvalue weighted by Gasteiger charge is 2.11. The van der Waals surface area contributed by atoms with Gasteiger partial charge in [-0.15, -0.1) is 0 Å². The molecule has 76 valence electrons.